The molecule has 0 amide bonds. The molecular formula is C16H17N3S. The highest BCUT2D eigenvalue weighted by Gasteiger charge is 2.07. The van der Waals surface area contributed by atoms with Crippen molar-refractivity contribution in [1.29, 1.82) is 0 Å². The van der Waals surface area contributed by atoms with E-state index in [-0.39, 0.29) is 0 Å². The third-order valence-corrected chi connectivity index (χ3v) is 4.16. The Bertz CT molecular complexity index is 762. The first kappa shape index (κ1) is 13.1. The third-order valence-electron chi connectivity index (χ3n) is 3.38. The predicted octanol–water partition coefficient (Wildman–Crippen LogP) is 3.70. The number of nitrogens with zero attached hydrogens (tertiary/aromatic N) is 2. The fraction of sp³-hybridized carbons (Fsp3) is 0.188. The fourth-order valence-electron chi connectivity index (χ4n) is 2.49. The Morgan fingerprint density at radius 1 is 1.25 bits per heavy atom. The fourth-order valence-corrected chi connectivity index (χ4v) is 3.14. The lowest BCUT2D eigenvalue weighted by molar-refractivity contribution is 0.830. The topological polar surface area (TPSA) is 43.8 Å². The summed E-state index contributed by atoms with van der Waals surface area (Å²) in [6.07, 6.45) is 7.99. The highest BCUT2D eigenvalue weighted by molar-refractivity contribution is 7.98. The van der Waals surface area contributed by atoms with Crippen LogP contribution in [0.1, 0.15) is 11.1 Å². The smallest absolute Gasteiger partial charge is 0.0515 e. The summed E-state index contributed by atoms with van der Waals surface area (Å²) in [6, 6.07) is 8.40. The van der Waals surface area contributed by atoms with Gasteiger partial charge in [0.15, 0.2) is 0 Å². The molecule has 0 aliphatic carbocycles. The molecule has 0 atom stereocenters. The number of nitrogens with two attached hydrogens (primary N) is 1. The quantitative estimate of drug-likeness (QED) is 0.589. The summed E-state index contributed by atoms with van der Waals surface area (Å²) in [5.74, 6) is 0. The van der Waals surface area contributed by atoms with E-state index in [1.54, 1.807) is 11.8 Å². The van der Waals surface area contributed by atoms with Crippen molar-refractivity contribution in [2.45, 2.75) is 18.4 Å². The zero-order chi connectivity index (χ0) is 14.1. The third kappa shape index (κ3) is 2.39. The molecule has 4 heteroatoms. The summed E-state index contributed by atoms with van der Waals surface area (Å²) in [6.45, 7) is 2.88. The van der Waals surface area contributed by atoms with Gasteiger partial charge in [0.1, 0.15) is 0 Å². The van der Waals surface area contributed by atoms with Gasteiger partial charge < -0.3 is 10.3 Å². The van der Waals surface area contributed by atoms with Crippen LogP contribution in [-0.4, -0.2) is 15.8 Å². The van der Waals surface area contributed by atoms with Crippen molar-refractivity contribution in [2.75, 3.05) is 12.0 Å². The number of hydrogen-bond acceptors (Lipinski definition) is 3. The van der Waals surface area contributed by atoms with Gasteiger partial charge in [-0.3, -0.25) is 4.98 Å². The number of anilines is 1. The van der Waals surface area contributed by atoms with Crippen molar-refractivity contribution >= 4 is 28.4 Å². The maximum absolute atomic E-state index is 6.01. The minimum atomic E-state index is 0.809. The van der Waals surface area contributed by atoms with Gasteiger partial charge in [0.2, 0.25) is 0 Å². The Hall–Kier alpha value is -1.94. The van der Waals surface area contributed by atoms with Gasteiger partial charge in [-0.1, -0.05) is 6.07 Å². The number of hydrogen-bond donors (Lipinski definition) is 1. The van der Waals surface area contributed by atoms with E-state index in [1.807, 2.05) is 24.5 Å². The van der Waals surface area contributed by atoms with Crippen molar-refractivity contribution in [3.8, 4) is 0 Å². The van der Waals surface area contributed by atoms with Crippen molar-refractivity contribution in [1.82, 2.24) is 9.55 Å². The average Bonchev–Trinajstić information content (AvgIpc) is 2.81. The first-order valence-corrected chi connectivity index (χ1v) is 7.73. The molecule has 1 aromatic carbocycles. The van der Waals surface area contributed by atoms with Gasteiger partial charge in [0.25, 0.3) is 0 Å². The largest absolute Gasteiger partial charge is 0.399 e. The number of thioether (sulfide) groups is 1. The van der Waals surface area contributed by atoms with Crippen LogP contribution in [0.5, 0.6) is 0 Å². The molecule has 3 rings (SSSR count). The molecule has 20 heavy (non-hydrogen) atoms. The minimum absolute atomic E-state index is 0.809. The van der Waals surface area contributed by atoms with E-state index < -0.39 is 0 Å². The maximum Gasteiger partial charge on any atom is 0.0515 e. The molecule has 0 unspecified atom stereocenters. The SMILES string of the molecule is CSc1cc(N)cc2c1ccn2Cc1cncc(C)c1. The Kier molecular flexibility index (Phi) is 3.40. The Labute approximate surface area is 122 Å². The lowest BCUT2D eigenvalue weighted by atomic mass is 10.2. The summed E-state index contributed by atoms with van der Waals surface area (Å²) in [5.41, 5.74) is 10.4. The first-order valence-electron chi connectivity index (χ1n) is 6.50. The van der Waals surface area contributed by atoms with Crippen molar-refractivity contribution in [3.63, 3.8) is 0 Å². The molecule has 2 aromatic heterocycles. The highest BCUT2D eigenvalue weighted by Crippen LogP contribution is 2.30. The zero-order valence-corrected chi connectivity index (χ0v) is 12.4. The molecule has 0 saturated carbocycles. The lowest BCUT2D eigenvalue weighted by Gasteiger charge is -2.08. The van der Waals surface area contributed by atoms with Gasteiger partial charge in [-0.2, -0.15) is 0 Å². The minimum Gasteiger partial charge on any atom is -0.399 e. The van der Waals surface area contributed by atoms with E-state index >= 15 is 0 Å². The van der Waals surface area contributed by atoms with Crippen LogP contribution in [0, 0.1) is 6.92 Å². The van der Waals surface area contributed by atoms with Gasteiger partial charge >= 0.3 is 0 Å². The molecule has 0 aliphatic rings. The van der Waals surface area contributed by atoms with Crippen LogP contribution in [0.4, 0.5) is 5.69 Å². The second-order valence-corrected chi connectivity index (χ2v) is 5.82. The molecule has 0 bridgehead atoms. The molecular weight excluding hydrogens is 266 g/mol. The van der Waals surface area contributed by atoms with E-state index in [1.165, 1.54) is 26.9 Å². The van der Waals surface area contributed by atoms with Gasteiger partial charge in [-0.25, -0.2) is 0 Å². The van der Waals surface area contributed by atoms with Crippen LogP contribution in [0.2, 0.25) is 0 Å². The number of pyridine rings is 1. The second-order valence-electron chi connectivity index (χ2n) is 4.97. The zero-order valence-electron chi connectivity index (χ0n) is 11.6. The number of aryl methyl sites for hydroxylation is 1. The van der Waals surface area contributed by atoms with Gasteiger partial charge in [-0.15, -0.1) is 11.8 Å². The van der Waals surface area contributed by atoms with Gasteiger partial charge in [0.05, 0.1) is 5.52 Å². The Morgan fingerprint density at radius 3 is 2.85 bits per heavy atom. The summed E-state index contributed by atoms with van der Waals surface area (Å²) in [5, 5.41) is 1.26. The normalized spacial score (nSPS) is 11.1. The molecule has 2 heterocycles. The number of aromatic nitrogens is 2. The molecule has 0 saturated heterocycles. The van der Waals surface area contributed by atoms with E-state index in [0.717, 1.165) is 12.2 Å². The van der Waals surface area contributed by atoms with Crippen LogP contribution in [-0.2, 0) is 6.54 Å². The summed E-state index contributed by atoms with van der Waals surface area (Å²) in [7, 11) is 0. The van der Waals surface area contributed by atoms with Crippen molar-refractivity contribution < 1.29 is 0 Å². The average molecular weight is 283 g/mol. The first-order chi connectivity index (χ1) is 9.67. The lowest BCUT2D eigenvalue weighted by Crippen LogP contribution is -1.99. The van der Waals surface area contributed by atoms with Gasteiger partial charge in [0, 0.05) is 41.1 Å². The number of benzene rings is 1. The molecule has 0 fully saturated rings. The second kappa shape index (κ2) is 5.21. The monoisotopic (exact) mass is 283 g/mol. The molecule has 3 aromatic rings. The summed E-state index contributed by atoms with van der Waals surface area (Å²) < 4.78 is 2.22. The summed E-state index contributed by atoms with van der Waals surface area (Å²) in [4.78, 5) is 5.48. The predicted molar refractivity (Wildman–Crippen MR) is 86.2 cm³/mol. The van der Waals surface area contributed by atoms with Crippen LogP contribution in [0.15, 0.2) is 47.8 Å². The van der Waals surface area contributed by atoms with E-state index in [4.69, 9.17) is 5.73 Å². The Morgan fingerprint density at radius 2 is 2.10 bits per heavy atom. The van der Waals surface area contributed by atoms with Crippen LogP contribution >= 0.6 is 11.8 Å². The standard InChI is InChI=1S/C16H17N3S/c1-11-5-12(9-18-8-11)10-19-4-3-14-15(19)6-13(17)7-16(14)20-2/h3-9H,10,17H2,1-2H3. The molecule has 2 N–H and O–H groups in total. The highest BCUT2D eigenvalue weighted by atomic mass is 32.2. The van der Waals surface area contributed by atoms with E-state index in [0.29, 0.717) is 0 Å². The molecule has 3 nitrogen and oxygen atoms in total. The van der Waals surface area contributed by atoms with Crippen molar-refractivity contribution in [2.24, 2.45) is 0 Å². The summed E-state index contributed by atoms with van der Waals surface area (Å²) >= 11 is 1.73. The van der Waals surface area contributed by atoms with Crippen LogP contribution in [0.3, 0.4) is 0 Å². The number of rotatable bonds is 3. The maximum atomic E-state index is 6.01. The van der Waals surface area contributed by atoms with E-state index in [9.17, 15) is 0 Å². The Balaban J connectivity index is 2.06. The molecule has 0 aliphatic heterocycles. The van der Waals surface area contributed by atoms with Crippen LogP contribution in [0.25, 0.3) is 10.9 Å². The number of fused-ring (bicyclic) bond motifs is 1. The number of nitrogen functional groups attached to an aromatic ring is 1. The molecule has 0 radical (unpaired) electrons. The molecule has 0 spiro atoms. The molecule has 102 valence electrons. The van der Waals surface area contributed by atoms with Crippen molar-refractivity contribution in [3.05, 3.63) is 54.0 Å². The van der Waals surface area contributed by atoms with Gasteiger partial charge in [-0.05, 0) is 42.5 Å². The van der Waals surface area contributed by atoms with E-state index in [2.05, 4.69) is 41.1 Å². The van der Waals surface area contributed by atoms with Crippen LogP contribution < -0.4 is 5.73 Å².